The van der Waals surface area contributed by atoms with Crippen molar-refractivity contribution in [2.45, 2.75) is 85.1 Å². The molecule has 1 N–H and O–H groups in total. The smallest absolute Gasteiger partial charge is 0.416 e. The van der Waals surface area contributed by atoms with Gasteiger partial charge in [-0.2, -0.15) is 13.2 Å². The molecule has 0 spiro atoms. The summed E-state index contributed by atoms with van der Waals surface area (Å²) < 4.78 is 56.4. The first-order chi connectivity index (χ1) is 17.0. The SMILES string of the molecule is CC.CCc1oc(-c2cccc(C(F)(F)F)c2)nc1COC[C@@H]1CCC[C@H](COC(C)(C)C(=O)O)C1. The van der Waals surface area contributed by atoms with Crippen LogP contribution in [0.2, 0.25) is 0 Å². The summed E-state index contributed by atoms with van der Waals surface area (Å²) in [4.78, 5) is 15.6. The van der Waals surface area contributed by atoms with Crippen molar-refractivity contribution >= 4 is 5.97 Å². The maximum absolute atomic E-state index is 13.0. The van der Waals surface area contributed by atoms with Gasteiger partial charge in [-0.3, -0.25) is 0 Å². The lowest BCUT2D eigenvalue weighted by atomic mass is 9.82. The van der Waals surface area contributed by atoms with Crippen LogP contribution in [0.3, 0.4) is 0 Å². The molecule has 1 saturated carbocycles. The lowest BCUT2D eigenvalue weighted by molar-refractivity contribution is -0.163. The predicted octanol–water partition coefficient (Wildman–Crippen LogP) is 7.15. The van der Waals surface area contributed by atoms with E-state index < -0.39 is 23.3 Å². The number of rotatable bonds is 10. The van der Waals surface area contributed by atoms with Gasteiger partial charge in [0.1, 0.15) is 11.5 Å². The second kappa shape index (κ2) is 13.2. The minimum absolute atomic E-state index is 0.150. The third-order valence-electron chi connectivity index (χ3n) is 6.21. The maximum atomic E-state index is 13.0. The Morgan fingerprint density at radius 2 is 1.83 bits per heavy atom. The first-order valence-corrected chi connectivity index (χ1v) is 12.6. The number of aryl methyl sites for hydroxylation is 1. The fraction of sp³-hybridized carbons (Fsp3) is 0.630. The number of oxazole rings is 1. The molecule has 6 nitrogen and oxygen atoms in total. The summed E-state index contributed by atoms with van der Waals surface area (Å²) in [6, 6.07) is 4.93. The second-order valence-corrected chi connectivity index (χ2v) is 9.36. The van der Waals surface area contributed by atoms with Crippen LogP contribution in [0, 0.1) is 11.8 Å². The second-order valence-electron chi connectivity index (χ2n) is 9.36. The van der Waals surface area contributed by atoms with Crippen LogP contribution >= 0.6 is 0 Å². The molecule has 0 saturated heterocycles. The fourth-order valence-electron chi connectivity index (χ4n) is 4.14. The summed E-state index contributed by atoms with van der Waals surface area (Å²) in [5.41, 5.74) is -1.09. The molecular weight excluding hydrogens is 475 g/mol. The van der Waals surface area contributed by atoms with Crippen molar-refractivity contribution in [1.82, 2.24) is 4.98 Å². The van der Waals surface area contributed by atoms with Gasteiger partial charge in [-0.15, -0.1) is 0 Å². The lowest BCUT2D eigenvalue weighted by Gasteiger charge is -2.31. The normalized spacial score (nSPS) is 18.4. The van der Waals surface area contributed by atoms with Gasteiger partial charge in [0.05, 0.1) is 18.8 Å². The van der Waals surface area contributed by atoms with Gasteiger partial charge < -0.3 is 19.0 Å². The van der Waals surface area contributed by atoms with Crippen molar-refractivity contribution in [2.24, 2.45) is 11.8 Å². The number of hydrogen-bond acceptors (Lipinski definition) is 5. The minimum Gasteiger partial charge on any atom is -0.479 e. The van der Waals surface area contributed by atoms with Crippen molar-refractivity contribution in [1.29, 1.82) is 0 Å². The molecule has 2 atom stereocenters. The first kappa shape index (κ1) is 29.8. The first-order valence-electron chi connectivity index (χ1n) is 12.6. The number of aliphatic carboxylic acids is 1. The molecule has 1 heterocycles. The zero-order chi connectivity index (χ0) is 26.9. The van der Waals surface area contributed by atoms with Gasteiger partial charge in [0.2, 0.25) is 5.89 Å². The van der Waals surface area contributed by atoms with Crippen molar-refractivity contribution in [3.63, 3.8) is 0 Å². The zero-order valence-electron chi connectivity index (χ0n) is 21.8. The number of nitrogens with zero attached hydrogens (tertiary/aromatic N) is 1. The summed E-state index contributed by atoms with van der Waals surface area (Å²) in [7, 11) is 0. The lowest BCUT2D eigenvalue weighted by Crippen LogP contribution is -2.37. The Bertz CT molecular complexity index is 971. The molecule has 0 amide bonds. The van der Waals surface area contributed by atoms with Crippen LogP contribution in [-0.4, -0.2) is 34.9 Å². The van der Waals surface area contributed by atoms with Gasteiger partial charge in [0.15, 0.2) is 5.60 Å². The molecule has 0 bridgehead atoms. The van der Waals surface area contributed by atoms with Crippen molar-refractivity contribution in [3.05, 3.63) is 41.3 Å². The Hall–Kier alpha value is -2.39. The van der Waals surface area contributed by atoms with Crippen LogP contribution in [0.4, 0.5) is 13.2 Å². The molecule has 0 aliphatic heterocycles. The van der Waals surface area contributed by atoms with E-state index in [1.807, 2.05) is 20.8 Å². The van der Waals surface area contributed by atoms with Gasteiger partial charge in [0, 0.05) is 18.6 Å². The van der Waals surface area contributed by atoms with E-state index in [1.165, 1.54) is 6.07 Å². The molecule has 0 unspecified atom stereocenters. The maximum Gasteiger partial charge on any atom is 0.416 e. The topological polar surface area (TPSA) is 81.8 Å². The fourth-order valence-corrected chi connectivity index (χ4v) is 4.14. The highest BCUT2D eigenvalue weighted by Gasteiger charge is 2.32. The molecule has 0 radical (unpaired) electrons. The van der Waals surface area contributed by atoms with Gasteiger partial charge in [-0.1, -0.05) is 33.3 Å². The molecule has 2 aromatic rings. The van der Waals surface area contributed by atoms with Crippen LogP contribution in [0.5, 0.6) is 0 Å². The Kier molecular flexibility index (Phi) is 11.0. The summed E-state index contributed by atoms with van der Waals surface area (Å²) in [6.07, 6.45) is 0.0505. The van der Waals surface area contributed by atoms with Gasteiger partial charge in [-0.25, -0.2) is 9.78 Å². The minimum atomic E-state index is -4.44. The Balaban J connectivity index is 0.00000222. The molecule has 1 fully saturated rings. The number of alkyl halides is 3. The van der Waals surface area contributed by atoms with E-state index in [0.717, 1.165) is 37.8 Å². The highest BCUT2D eigenvalue weighted by molar-refractivity contribution is 5.76. The third-order valence-corrected chi connectivity index (χ3v) is 6.21. The van der Waals surface area contributed by atoms with Crippen molar-refractivity contribution < 1.29 is 37.0 Å². The van der Waals surface area contributed by atoms with E-state index in [2.05, 4.69) is 4.98 Å². The van der Waals surface area contributed by atoms with E-state index in [-0.39, 0.29) is 24.0 Å². The molecule has 1 aromatic heterocycles. The molecule has 3 rings (SSSR count). The molecule has 1 aliphatic rings. The number of carbonyl (C=O) groups is 1. The highest BCUT2D eigenvalue weighted by atomic mass is 19.4. The molecule has 202 valence electrons. The van der Waals surface area contributed by atoms with Gasteiger partial charge in [-0.05, 0) is 63.1 Å². The number of aromatic nitrogens is 1. The number of halogens is 3. The molecule has 1 aromatic carbocycles. The van der Waals surface area contributed by atoms with Crippen molar-refractivity contribution in [3.8, 4) is 11.5 Å². The van der Waals surface area contributed by atoms with E-state index in [0.29, 0.717) is 37.0 Å². The molecular formula is C27H38F3NO5. The van der Waals surface area contributed by atoms with E-state index in [4.69, 9.17) is 13.9 Å². The highest BCUT2D eigenvalue weighted by Crippen LogP contribution is 2.33. The molecule has 36 heavy (non-hydrogen) atoms. The summed E-state index contributed by atoms with van der Waals surface area (Å²) in [5.74, 6) is 0.379. The number of benzene rings is 1. The standard InChI is InChI=1S/C25H32F3NO5.C2H6/c1-4-21-20(29-22(34-21)18-9-6-10-19(12-18)25(26,27)28)15-32-13-16-7-5-8-17(11-16)14-33-24(2,3)23(30)31;1-2/h6,9-10,12,16-17H,4-5,7-8,11,13-15H2,1-3H3,(H,30,31);1-2H3/t16-,17+;/m1./s1. The van der Waals surface area contributed by atoms with Crippen molar-refractivity contribution in [2.75, 3.05) is 13.2 Å². The number of ether oxygens (including phenoxy) is 2. The average molecular weight is 514 g/mol. The predicted molar refractivity (Wildman–Crippen MR) is 130 cm³/mol. The molecule has 9 heteroatoms. The van der Waals surface area contributed by atoms with Crippen LogP contribution in [0.1, 0.15) is 77.3 Å². The Morgan fingerprint density at radius 1 is 1.17 bits per heavy atom. The van der Waals surface area contributed by atoms with E-state index >= 15 is 0 Å². The van der Waals surface area contributed by atoms with Crippen LogP contribution < -0.4 is 0 Å². The summed E-state index contributed by atoms with van der Waals surface area (Å²) in [5, 5.41) is 9.20. The quantitative estimate of drug-likeness (QED) is 0.363. The number of carboxylic acids is 1. The van der Waals surface area contributed by atoms with Crippen LogP contribution in [0.15, 0.2) is 28.7 Å². The monoisotopic (exact) mass is 513 g/mol. The zero-order valence-corrected chi connectivity index (χ0v) is 21.8. The van der Waals surface area contributed by atoms with Crippen LogP contribution in [0.25, 0.3) is 11.5 Å². The van der Waals surface area contributed by atoms with Crippen LogP contribution in [-0.2, 0) is 33.5 Å². The summed E-state index contributed by atoms with van der Waals surface area (Å²) >= 11 is 0. The third kappa shape index (κ3) is 8.34. The number of carboxylic acid groups (broad SMARTS) is 1. The Morgan fingerprint density at radius 3 is 2.44 bits per heavy atom. The van der Waals surface area contributed by atoms with Gasteiger partial charge in [0.25, 0.3) is 0 Å². The Labute approximate surface area is 211 Å². The van der Waals surface area contributed by atoms with E-state index in [9.17, 15) is 23.1 Å². The van der Waals surface area contributed by atoms with E-state index in [1.54, 1.807) is 19.9 Å². The number of hydrogen-bond donors (Lipinski definition) is 1. The molecule has 1 aliphatic carbocycles. The van der Waals surface area contributed by atoms with Gasteiger partial charge >= 0.3 is 12.1 Å². The summed E-state index contributed by atoms with van der Waals surface area (Å²) in [6.45, 7) is 10.1. The largest absolute Gasteiger partial charge is 0.479 e. The average Bonchev–Trinajstić information content (AvgIpc) is 3.27.